The SMILES string of the molecule is COC(=O)N1c2ccccc2[C@]23CCO[C@]12CCC[C@H]3C=O. The van der Waals surface area contributed by atoms with Crippen molar-refractivity contribution in [2.45, 2.75) is 36.8 Å². The molecule has 2 aliphatic heterocycles. The molecule has 4 rings (SSSR count). The molecule has 3 atom stereocenters. The van der Waals surface area contributed by atoms with E-state index in [-0.39, 0.29) is 5.92 Å². The Kier molecular flexibility index (Phi) is 2.85. The Bertz CT molecular complexity index is 645. The second kappa shape index (κ2) is 4.56. The van der Waals surface area contributed by atoms with Crippen LogP contribution >= 0.6 is 0 Å². The van der Waals surface area contributed by atoms with Crippen molar-refractivity contribution in [1.82, 2.24) is 0 Å². The van der Waals surface area contributed by atoms with Crippen molar-refractivity contribution < 1.29 is 19.1 Å². The molecule has 1 aliphatic carbocycles. The fourth-order valence-corrected chi connectivity index (χ4v) is 4.97. The third-order valence-corrected chi connectivity index (χ3v) is 5.71. The van der Waals surface area contributed by atoms with Crippen LogP contribution in [0.4, 0.5) is 10.5 Å². The molecule has 22 heavy (non-hydrogen) atoms. The lowest BCUT2D eigenvalue weighted by atomic mass is 9.59. The second-order valence-electron chi connectivity index (χ2n) is 6.31. The molecule has 3 aliphatic rings. The van der Waals surface area contributed by atoms with Crippen LogP contribution in [0, 0.1) is 5.92 Å². The zero-order chi connectivity index (χ0) is 15.4. The number of hydrogen-bond acceptors (Lipinski definition) is 4. The fourth-order valence-electron chi connectivity index (χ4n) is 4.97. The predicted molar refractivity (Wildman–Crippen MR) is 79.7 cm³/mol. The number of benzene rings is 1. The zero-order valence-electron chi connectivity index (χ0n) is 12.6. The van der Waals surface area contributed by atoms with Crippen LogP contribution in [0.25, 0.3) is 0 Å². The summed E-state index contributed by atoms with van der Waals surface area (Å²) in [5, 5.41) is 0. The highest BCUT2D eigenvalue weighted by atomic mass is 16.6. The summed E-state index contributed by atoms with van der Waals surface area (Å²) in [5.41, 5.74) is 0.670. The van der Waals surface area contributed by atoms with Gasteiger partial charge in [-0.25, -0.2) is 9.69 Å². The molecule has 1 amide bonds. The van der Waals surface area contributed by atoms with E-state index in [0.29, 0.717) is 6.61 Å². The molecule has 0 spiro atoms. The first-order valence-corrected chi connectivity index (χ1v) is 7.78. The first kappa shape index (κ1) is 13.8. The number of rotatable bonds is 1. The average Bonchev–Trinajstić information content (AvgIpc) is 3.05. The van der Waals surface area contributed by atoms with Crippen molar-refractivity contribution in [2.24, 2.45) is 5.92 Å². The first-order chi connectivity index (χ1) is 10.7. The number of anilines is 1. The van der Waals surface area contributed by atoms with Gasteiger partial charge in [-0.3, -0.25) is 0 Å². The number of carbonyl (C=O) groups excluding carboxylic acids is 2. The number of hydrogen-bond donors (Lipinski definition) is 0. The average molecular weight is 301 g/mol. The molecule has 2 heterocycles. The van der Waals surface area contributed by atoms with E-state index in [2.05, 4.69) is 0 Å². The smallest absolute Gasteiger partial charge is 0.416 e. The number of methoxy groups -OCH3 is 1. The maximum atomic E-state index is 12.5. The van der Waals surface area contributed by atoms with Crippen LogP contribution in [0.15, 0.2) is 24.3 Å². The van der Waals surface area contributed by atoms with Gasteiger partial charge in [-0.15, -0.1) is 0 Å². The van der Waals surface area contributed by atoms with Crippen LogP contribution in [0.2, 0.25) is 0 Å². The zero-order valence-corrected chi connectivity index (χ0v) is 12.6. The highest BCUT2D eigenvalue weighted by Crippen LogP contribution is 2.65. The minimum atomic E-state index is -0.770. The summed E-state index contributed by atoms with van der Waals surface area (Å²) >= 11 is 0. The number of aldehydes is 1. The molecule has 1 saturated heterocycles. The molecule has 0 unspecified atom stereocenters. The van der Waals surface area contributed by atoms with Gasteiger partial charge >= 0.3 is 6.09 Å². The molecule has 1 saturated carbocycles. The third-order valence-electron chi connectivity index (χ3n) is 5.71. The summed E-state index contributed by atoms with van der Waals surface area (Å²) in [6.07, 6.45) is 3.86. The molecule has 0 aromatic heterocycles. The molecule has 0 radical (unpaired) electrons. The quantitative estimate of drug-likeness (QED) is 0.748. The molecule has 5 nitrogen and oxygen atoms in total. The molecule has 2 fully saturated rings. The standard InChI is InChI=1S/C17H19NO4/c1-21-15(20)18-14-7-3-2-6-13(14)16-9-10-22-17(16,18)8-4-5-12(16)11-19/h2-3,6-7,11-12H,4-5,8-10H2,1H3/t12-,16+,17-/m0/s1. The van der Waals surface area contributed by atoms with Crippen LogP contribution in [-0.2, 0) is 19.7 Å². The van der Waals surface area contributed by atoms with Crippen LogP contribution in [0.5, 0.6) is 0 Å². The highest BCUT2D eigenvalue weighted by molar-refractivity contribution is 5.94. The first-order valence-electron chi connectivity index (χ1n) is 7.78. The van der Waals surface area contributed by atoms with Crippen molar-refractivity contribution in [3.8, 4) is 0 Å². The monoisotopic (exact) mass is 301 g/mol. The van der Waals surface area contributed by atoms with Gasteiger partial charge in [0.2, 0.25) is 0 Å². The minimum Gasteiger partial charge on any atom is -0.452 e. The summed E-state index contributed by atoms with van der Waals surface area (Å²) in [6, 6.07) is 7.83. The van der Waals surface area contributed by atoms with Crippen LogP contribution < -0.4 is 4.90 Å². The van der Waals surface area contributed by atoms with E-state index >= 15 is 0 Å². The minimum absolute atomic E-state index is 0.125. The van der Waals surface area contributed by atoms with Gasteiger partial charge in [-0.2, -0.15) is 0 Å². The van der Waals surface area contributed by atoms with Crippen molar-refractivity contribution in [2.75, 3.05) is 18.6 Å². The van der Waals surface area contributed by atoms with E-state index in [1.165, 1.54) is 7.11 Å². The molecule has 5 heteroatoms. The summed E-state index contributed by atoms with van der Waals surface area (Å²) in [5.74, 6) is -0.125. The number of ether oxygens (including phenoxy) is 2. The van der Waals surface area contributed by atoms with Crippen molar-refractivity contribution >= 4 is 18.1 Å². The molecule has 1 aromatic carbocycles. The van der Waals surface area contributed by atoms with Crippen LogP contribution in [-0.4, -0.2) is 31.8 Å². The van der Waals surface area contributed by atoms with Crippen LogP contribution in [0.3, 0.4) is 0 Å². The molecule has 116 valence electrons. The van der Waals surface area contributed by atoms with Gasteiger partial charge in [0.05, 0.1) is 24.8 Å². The Labute approximate surface area is 129 Å². The van der Waals surface area contributed by atoms with Gasteiger partial charge in [-0.05, 0) is 37.3 Å². The lowest BCUT2D eigenvalue weighted by Gasteiger charge is -2.49. The summed E-state index contributed by atoms with van der Waals surface area (Å²) < 4.78 is 11.2. The van der Waals surface area contributed by atoms with Gasteiger partial charge in [0.15, 0.2) is 5.72 Å². The van der Waals surface area contributed by atoms with E-state index in [9.17, 15) is 9.59 Å². The topological polar surface area (TPSA) is 55.8 Å². The third kappa shape index (κ3) is 1.33. The number of fused-ring (bicyclic) bond motifs is 1. The normalized spacial score (nSPS) is 35.5. The number of carbonyl (C=O) groups is 2. The van der Waals surface area contributed by atoms with Gasteiger partial charge in [0.1, 0.15) is 6.29 Å². The van der Waals surface area contributed by atoms with E-state index in [1.807, 2.05) is 24.3 Å². The Balaban J connectivity index is 2.01. The van der Waals surface area contributed by atoms with E-state index in [0.717, 1.165) is 43.2 Å². The molecular weight excluding hydrogens is 282 g/mol. The van der Waals surface area contributed by atoms with E-state index < -0.39 is 17.2 Å². The lowest BCUT2D eigenvalue weighted by molar-refractivity contribution is -0.121. The van der Waals surface area contributed by atoms with Gasteiger partial charge in [-0.1, -0.05) is 18.2 Å². The van der Waals surface area contributed by atoms with Gasteiger partial charge in [0, 0.05) is 5.92 Å². The Hall–Kier alpha value is -1.88. The predicted octanol–water partition coefficient (Wildman–Crippen LogP) is 2.63. The lowest BCUT2D eigenvalue weighted by Crippen LogP contribution is -2.62. The largest absolute Gasteiger partial charge is 0.452 e. The highest BCUT2D eigenvalue weighted by Gasteiger charge is 2.71. The van der Waals surface area contributed by atoms with Crippen molar-refractivity contribution in [3.63, 3.8) is 0 Å². The molecule has 0 N–H and O–H groups in total. The van der Waals surface area contributed by atoms with Gasteiger partial charge in [0.25, 0.3) is 0 Å². The second-order valence-corrected chi connectivity index (χ2v) is 6.31. The Morgan fingerprint density at radius 3 is 3.00 bits per heavy atom. The molecule has 1 aromatic rings. The van der Waals surface area contributed by atoms with Crippen molar-refractivity contribution in [3.05, 3.63) is 29.8 Å². The number of para-hydroxylation sites is 1. The maximum Gasteiger partial charge on any atom is 0.416 e. The number of amides is 1. The molecular formula is C17H19NO4. The van der Waals surface area contributed by atoms with E-state index in [4.69, 9.17) is 9.47 Å². The van der Waals surface area contributed by atoms with Crippen molar-refractivity contribution in [1.29, 1.82) is 0 Å². The summed E-state index contributed by atoms with van der Waals surface area (Å²) in [6.45, 7) is 0.562. The van der Waals surface area contributed by atoms with Gasteiger partial charge < -0.3 is 14.3 Å². The number of nitrogens with zero attached hydrogens (tertiary/aromatic N) is 1. The maximum absolute atomic E-state index is 12.5. The fraction of sp³-hybridized carbons (Fsp3) is 0.529. The van der Waals surface area contributed by atoms with Crippen LogP contribution in [0.1, 0.15) is 31.2 Å². The van der Waals surface area contributed by atoms with E-state index in [1.54, 1.807) is 4.90 Å². The Morgan fingerprint density at radius 2 is 2.23 bits per heavy atom. The summed E-state index contributed by atoms with van der Waals surface area (Å²) in [4.78, 5) is 26.0. The summed E-state index contributed by atoms with van der Waals surface area (Å²) in [7, 11) is 1.39. The molecule has 0 bridgehead atoms. The Morgan fingerprint density at radius 1 is 1.41 bits per heavy atom.